The fourth-order valence-corrected chi connectivity index (χ4v) is 10.7. The Hall–Kier alpha value is -5.42. The molecule has 7 aromatic carbocycles. The van der Waals surface area contributed by atoms with Crippen LogP contribution in [0.25, 0.3) is 22.3 Å². The predicted octanol–water partition coefficient (Wildman–Crippen LogP) is 13.7. The van der Waals surface area contributed by atoms with Crippen LogP contribution in [0, 0.1) is 0 Å². The zero-order chi connectivity index (χ0) is 59.2. The van der Waals surface area contributed by atoms with Gasteiger partial charge in [-0.05, 0) is 180 Å². The number of aliphatic hydroxyl groups excluding tert-OH is 1. The molecule has 0 bridgehead atoms. The lowest BCUT2D eigenvalue weighted by Crippen LogP contribution is -2.35. The minimum Gasteiger partial charge on any atom is -0.494 e. The minimum absolute atomic E-state index is 0.236. The van der Waals surface area contributed by atoms with Crippen molar-refractivity contribution >= 4 is 48.7 Å². The molecule has 0 fully saturated rings. The van der Waals surface area contributed by atoms with Gasteiger partial charge in [0.1, 0.15) is 5.75 Å². The largest absolute Gasteiger partial charge is 0.494 e. The first kappa shape index (κ1) is 67.4. The van der Waals surface area contributed by atoms with E-state index in [1.165, 1.54) is 110 Å². The summed E-state index contributed by atoms with van der Waals surface area (Å²) in [6, 6.07) is 56.6. The van der Waals surface area contributed by atoms with Crippen molar-refractivity contribution in [1.82, 2.24) is 4.31 Å². The Morgan fingerprint density at radius 1 is 0.488 bits per heavy atom. The van der Waals surface area contributed by atoms with Gasteiger partial charge in [-0.1, -0.05) is 195 Å². The lowest BCUT2D eigenvalue weighted by Gasteiger charge is -2.27. The van der Waals surface area contributed by atoms with Gasteiger partial charge in [-0.25, -0.2) is 8.42 Å². The third-order valence-electron chi connectivity index (χ3n) is 14.2. The Morgan fingerprint density at radius 2 is 0.866 bits per heavy atom. The van der Waals surface area contributed by atoms with Gasteiger partial charge in [-0.3, -0.25) is 4.18 Å². The van der Waals surface area contributed by atoms with Gasteiger partial charge in [0.15, 0.2) is 0 Å². The van der Waals surface area contributed by atoms with E-state index in [4.69, 9.17) is 24.1 Å². The van der Waals surface area contributed by atoms with Crippen LogP contribution in [0.15, 0.2) is 168 Å². The van der Waals surface area contributed by atoms with Crippen molar-refractivity contribution in [1.29, 1.82) is 0 Å². The SMILES string of the molecule is CCCCc1ccc(-c2ccc(CCCOS(C)(=O)=O)cc2)cc1.CCCCc1ccc(-c2ccc(CCCOc3ccc4c(c3)CCN(S(C)(=O)=O)C4)cc2)cc1.CCCCc1ccc(B(O)O)cc1.OCCCc1ccc(Br)cc1. The number of aryl methyl sites for hydroxylation is 6. The van der Waals surface area contributed by atoms with E-state index >= 15 is 0 Å². The molecule has 0 radical (unpaired) electrons. The average molecular weight is 1220 g/mol. The van der Waals surface area contributed by atoms with E-state index < -0.39 is 27.3 Å². The second kappa shape index (κ2) is 36.3. The molecule has 0 aromatic heterocycles. The molecule has 1 aliphatic heterocycles. The molecule has 1 heterocycles. The second-order valence-corrected chi connectivity index (χ2v) is 25.6. The van der Waals surface area contributed by atoms with Crippen LogP contribution in [-0.4, -0.2) is 82.3 Å². The Bertz CT molecular complexity index is 3120. The quantitative estimate of drug-likeness (QED) is 0.0273. The van der Waals surface area contributed by atoms with Crippen molar-refractivity contribution in [2.45, 2.75) is 130 Å². The van der Waals surface area contributed by atoms with E-state index in [0.29, 0.717) is 31.6 Å². The summed E-state index contributed by atoms with van der Waals surface area (Å²) in [4.78, 5) is 0. The van der Waals surface area contributed by atoms with Crippen LogP contribution >= 0.6 is 15.9 Å². The molecule has 14 heteroatoms. The highest BCUT2D eigenvalue weighted by atomic mass is 79.9. The summed E-state index contributed by atoms with van der Waals surface area (Å²) in [5, 5.41) is 26.3. The van der Waals surface area contributed by atoms with E-state index in [-0.39, 0.29) is 13.2 Å². The van der Waals surface area contributed by atoms with Crippen LogP contribution in [0.5, 0.6) is 5.75 Å². The number of hydrogen-bond acceptors (Lipinski definition) is 9. The maximum atomic E-state index is 11.8. The number of nitrogens with zero attached hydrogens (tertiary/aromatic N) is 1. The fourth-order valence-electron chi connectivity index (χ4n) is 9.22. The number of sulfonamides is 1. The Balaban J connectivity index is 0.000000221. The molecule has 0 unspecified atom stereocenters. The first-order chi connectivity index (χ1) is 39.5. The first-order valence-electron chi connectivity index (χ1n) is 29.2. The third kappa shape index (κ3) is 25.6. The molecule has 7 aromatic rings. The van der Waals surface area contributed by atoms with Crippen LogP contribution in [0.3, 0.4) is 0 Å². The molecule has 3 N–H and O–H groups in total. The molecular weight excluding hydrogens is 1130 g/mol. The summed E-state index contributed by atoms with van der Waals surface area (Å²) in [7, 11) is -7.82. The maximum absolute atomic E-state index is 11.8. The second-order valence-electron chi connectivity index (χ2n) is 21.0. The molecule has 0 saturated carbocycles. The highest BCUT2D eigenvalue weighted by molar-refractivity contribution is 9.10. The van der Waals surface area contributed by atoms with Crippen LogP contribution in [0.4, 0.5) is 0 Å². The molecule has 8 rings (SSSR count). The molecule has 10 nitrogen and oxygen atoms in total. The van der Waals surface area contributed by atoms with Gasteiger partial charge in [0.25, 0.3) is 10.1 Å². The molecular formula is C68H87BBrNO9S2. The van der Waals surface area contributed by atoms with Gasteiger partial charge in [-0.2, -0.15) is 12.7 Å². The molecule has 0 spiro atoms. The van der Waals surface area contributed by atoms with Gasteiger partial charge in [0.2, 0.25) is 10.0 Å². The highest BCUT2D eigenvalue weighted by Crippen LogP contribution is 2.27. The summed E-state index contributed by atoms with van der Waals surface area (Å²) in [5.74, 6) is 0.865. The summed E-state index contributed by atoms with van der Waals surface area (Å²) in [6.45, 7) is 8.76. The molecule has 0 amide bonds. The number of unbranched alkanes of at least 4 members (excludes halogenated alkanes) is 3. The molecule has 0 saturated heterocycles. The van der Waals surface area contributed by atoms with Gasteiger partial charge >= 0.3 is 7.12 Å². The number of rotatable bonds is 26. The van der Waals surface area contributed by atoms with E-state index in [2.05, 4.69) is 152 Å². The van der Waals surface area contributed by atoms with Crippen LogP contribution in [0.2, 0.25) is 0 Å². The lowest BCUT2D eigenvalue weighted by molar-refractivity contribution is 0.288. The Morgan fingerprint density at radius 3 is 1.24 bits per heavy atom. The Labute approximate surface area is 500 Å². The van der Waals surface area contributed by atoms with Crippen molar-refractivity contribution in [2.24, 2.45) is 0 Å². The normalized spacial score (nSPS) is 12.2. The minimum atomic E-state index is -3.33. The monoisotopic (exact) mass is 1220 g/mol. The molecule has 82 heavy (non-hydrogen) atoms. The fraction of sp³-hybridized carbons (Fsp3) is 0.382. The number of aliphatic hydroxyl groups is 1. The van der Waals surface area contributed by atoms with Crippen molar-refractivity contribution in [3.63, 3.8) is 0 Å². The number of benzene rings is 7. The van der Waals surface area contributed by atoms with Gasteiger partial charge in [-0.15, -0.1) is 0 Å². The van der Waals surface area contributed by atoms with Gasteiger partial charge in [0.05, 0.1) is 25.7 Å². The lowest BCUT2D eigenvalue weighted by atomic mass is 9.80. The summed E-state index contributed by atoms with van der Waals surface area (Å²) < 4.78 is 58.8. The van der Waals surface area contributed by atoms with Crippen LogP contribution in [-0.2, 0) is 75.8 Å². The summed E-state index contributed by atoms with van der Waals surface area (Å²) in [6.07, 6.45) is 19.0. The highest BCUT2D eigenvalue weighted by Gasteiger charge is 2.23. The summed E-state index contributed by atoms with van der Waals surface area (Å²) >= 11 is 3.36. The van der Waals surface area contributed by atoms with Crippen molar-refractivity contribution in [3.05, 3.63) is 213 Å². The predicted molar refractivity (Wildman–Crippen MR) is 344 cm³/mol. The summed E-state index contributed by atoms with van der Waals surface area (Å²) in [5.41, 5.74) is 15.6. The van der Waals surface area contributed by atoms with Gasteiger partial charge in [0, 0.05) is 24.2 Å². The standard InChI is InChI=1S/C29H35NO3S.C20H26O3S.C10H15BO2.C9H11BrO/c1-3-4-6-23-8-12-25(13-9-23)26-14-10-24(11-15-26)7-5-20-33-29-17-16-28-22-30(34(2,31)32)19-18-27(28)21-29;1-3-4-6-17-8-12-19(13-9-17)20-14-10-18(11-15-20)7-5-16-23-24(2,21)22;1-2-3-4-9-5-7-10(8-6-9)11(12)13;10-9-5-3-8(4-6-9)2-1-7-11/h8-17,21H,3-7,18-20,22H2,1-2H3;8-15H,3-7,16H2,1-2H3;5-8,12-13H,2-4H2,1H3;3-6,11H,1-2,7H2. The van der Waals surface area contributed by atoms with E-state index in [1.807, 2.05) is 36.4 Å². The Kier molecular flexibility index (Phi) is 29.8. The number of hydrogen-bond donors (Lipinski definition) is 3. The number of ether oxygens (including phenoxy) is 1. The smallest absolute Gasteiger partial charge is 0.488 e. The molecule has 0 atom stereocenters. The van der Waals surface area contributed by atoms with Crippen molar-refractivity contribution < 1.29 is 40.9 Å². The van der Waals surface area contributed by atoms with E-state index in [0.717, 1.165) is 79.8 Å². The van der Waals surface area contributed by atoms with E-state index in [1.54, 1.807) is 12.1 Å². The zero-order valence-corrected chi connectivity index (χ0v) is 52.2. The van der Waals surface area contributed by atoms with Crippen molar-refractivity contribution in [3.8, 4) is 28.0 Å². The molecule has 440 valence electrons. The zero-order valence-electron chi connectivity index (χ0n) is 48.9. The van der Waals surface area contributed by atoms with Gasteiger partial charge < -0.3 is 19.9 Å². The molecule has 0 aliphatic carbocycles. The average Bonchev–Trinajstić information content (AvgIpc) is 3.48. The topological polar surface area (TPSA) is 151 Å². The third-order valence-corrected chi connectivity index (χ3v) is 16.5. The van der Waals surface area contributed by atoms with Crippen LogP contribution < -0.4 is 10.2 Å². The van der Waals surface area contributed by atoms with Crippen LogP contribution in [0.1, 0.15) is 123 Å². The number of fused-ring (bicyclic) bond motifs is 1. The van der Waals surface area contributed by atoms with Crippen molar-refractivity contribution in [2.75, 3.05) is 38.9 Å². The molecule has 1 aliphatic rings. The first-order valence-corrected chi connectivity index (χ1v) is 33.6. The maximum Gasteiger partial charge on any atom is 0.488 e. The van der Waals surface area contributed by atoms with E-state index in [9.17, 15) is 16.8 Å². The number of halogens is 1.